The van der Waals surface area contributed by atoms with Crippen molar-refractivity contribution in [2.24, 2.45) is 0 Å². The zero-order valence-corrected chi connectivity index (χ0v) is 19.4. The highest BCUT2D eigenvalue weighted by Gasteiger charge is 2.28. The van der Waals surface area contributed by atoms with Crippen molar-refractivity contribution in [1.29, 1.82) is 0 Å². The Morgan fingerprint density at radius 2 is 1.41 bits per heavy atom. The lowest BCUT2D eigenvalue weighted by molar-refractivity contribution is 0.0979. The number of carbonyl (C=O) groups excluding carboxylic acids is 1. The zero-order valence-electron chi connectivity index (χ0n) is 18.5. The fourth-order valence-corrected chi connectivity index (χ4v) is 4.61. The molecule has 1 atom stereocenters. The maximum Gasteiger partial charge on any atom is 0.174 e. The number of hydrogen-bond acceptors (Lipinski definition) is 2. The molecule has 1 unspecified atom stereocenters. The molecule has 0 saturated carbocycles. The van der Waals surface area contributed by atoms with E-state index in [0.717, 1.165) is 45.9 Å². The third-order valence-corrected chi connectivity index (χ3v) is 6.47. The molecule has 1 saturated heterocycles. The van der Waals surface area contributed by atoms with Crippen LogP contribution in [0.3, 0.4) is 0 Å². The van der Waals surface area contributed by atoms with Crippen LogP contribution in [0.5, 0.6) is 0 Å². The first-order valence-electron chi connectivity index (χ1n) is 11.4. The molecule has 0 aromatic heterocycles. The standard InChI is InChI=1S/C29H29NOS/c1-22-15-17-25(18-16-22)29(31)28(24-13-7-3-8-14-24)26(23-11-5-2-6-12-23)21-27(32)30-19-9-4-10-20-30/h2-3,5-8,11-18,21,28H,4,9-10,19-20H2,1H3/b26-21-. The van der Waals surface area contributed by atoms with E-state index in [2.05, 4.69) is 23.1 Å². The van der Waals surface area contributed by atoms with Gasteiger partial charge in [0.05, 0.1) is 5.92 Å². The molecule has 1 fully saturated rings. The van der Waals surface area contributed by atoms with Crippen LogP contribution in [0.1, 0.15) is 52.2 Å². The van der Waals surface area contributed by atoms with Gasteiger partial charge >= 0.3 is 0 Å². The lowest BCUT2D eigenvalue weighted by atomic mass is 9.81. The van der Waals surface area contributed by atoms with Crippen molar-refractivity contribution in [1.82, 2.24) is 4.90 Å². The van der Waals surface area contributed by atoms with Crippen LogP contribution in [-0.4, -0.2) is 28.8 Å². The van der Waals surface area contributed by atoms with E-state index in [4.69, 9.17) is 12.2 Å². The predicted molar refractivity (Wildman–Crippen MR) is 137 cm³/mol. The first kappa shape index (κ1) is 22.2. The van der Waals surface area contributed by atoms with Crippen LogP contribution in [0.4, 0.5) is 0 Å². The van der Waals surface area contributed by atoms with E-state index < -0.39 is 5.92 Å². The molecule has 1 aliphatic heterocycles. The topological polar surface area (TPSA) is 20.3 Å². The van der Waals surface area contributed by atoms with Gasteiger partial charge in [-0.3, -0.25) is 4.79 Å². The van der Waals surface area contributed by atoms with Gasteiger partial charge in [0.15, 0.2) is 5.78 Å². The molecule has 1 heterocycles. The molecule has 3 heteroatoms. The van der Waals surface area contributed by atoms with Crippen molar-refractivity contribution in [3.63, 3.8) is 0 Å². The highest BCUT2D eigenvalue weighted by atomic mass is 32.1. The van der Waals surface area contributed by atoms with Gasteiger partial charge in [0, 0.05) is 18.7 Å². The molecule has 0 amide bonds. The number of rotatable bonds is 6. The van der Waals surface area contributed by atoms with Gasteiger partial charge in [0.1, 0.15) is 4.99 Å². The summed E-state index contributed by atoms with van der Waals surface area (Å²) in [5, 5.41) is 0. The Morgan fingerprint density at radius 1 is 0.812 bits per heavy atom. The van der Waals surface area contributed by atoms with E-state index in [9.17, 15) is 4.79 Å². The maximum absolute atomic E-state index is 13.9. The normalized spacial score (nSPS) is 15.3. The summed E-state index contributed by atoms with van der Waals surface area (Å²) >= 11 is 5.88. The van der Waals surface area contributed by atoms with Gasteiger partial charge in [0.2, 0.25) is 0 Å². The van der Waals surface area contributed by atoms with Gasteiger partial charge in [-0.15, -0.1) is 0 Å². The van der Waals surface area contributed by atoms with E-state index >= 15 is 0 Å². The van der Waals surface area contributed by atoms with Crippen LogP contribution in [0.2, 0.25) is 0 Å². The van der Waals surface area contributed by atoms with Gasteiger partial charge in [-0.05, 0) is 49.0 Å². The molecule has 1 aliphatic rings. The number of carbonyl (C=O) groups is 1. The lowest BCUT2D eigenvalue weighted by Gasteiger charge is -2.29. The Hall–Kier alpha value is -3.04. The molecule has 32 heavy (non-hydrogen) atoms. The van der Waals surface area contributed by atoms with Crippen LogP contribution in [0, 0.1) is 6.92 Å². The van der Waals surface area contributed by atoms with Crippen molar-refractivity contribution in [3.8, 4) is 0 Å². The first-order valence-corrected chi connectivity index (χ1v) is 11.8. The Bertz CT molecular complexity index is 1080. The van der Waals surface area contributed by atoms with Crippen LogP contribution in [-0.2, 0) is 0 Å². The third-order valence-electron chi connectivity index (χ3n) is 6.10. The van der Waals surface area contributed by atoms with E-state index in [0.29, 0.717) is 0 Å². The zero-order chi connectivity index (χ0) is 22.3. The van der Waals surface area contributed by atoms with E-state index in [-0.39, 0.29) is 5.78 Å². The van der Waals surface area contributed by atoms with Crippen molar-refractivity contribution in [3.05, 3.63) is 113 Å². The van der Waals surface area contributed by atoms with Crippen LogP contribution < -0.4 is 0 Å². The Kier molecular flexibility index (Phi) is 7.28. The molecule has 0 spiro atoms. The summed E-state index contributed by atoms with van der Waals surface area (Å²) in [6.45, 7) is 4.01. The molecule has 162 valence electrons. The van der Waals surface area contributed by atoms with Crippen LogP contribution >= 0.6 is 12.2 Å². The largest absolute Gasteiger partial charge is 0.363 e. The third kappa shape index (κ3) is 5.23. The number of Topliss-reactive ketones (excluding diaryl/α,β-unsaturated/α-hetero) is 1. The van der Waals surface area contributed by atoms with Gasteiger partial charge < -0.3 is 4.90 Å². The molecule has 4 rings (SSSR count). The summed E-state index contributed by atoms with van der Waals surface area (Å²) in [5.41, 5.74) is 4.83. The molecule has 3 aromatic rings. The number of ketones is 1. The fraction of sp³-hybridized carbons (Fsp3) is 0.241. The molecule has 0 radical (unpaired) electrons. The molecular formula is C29H29NOS. The number of aryl methyl sites for hydroxylation is 1. The number of hydrogen-bond donors (Lipinski definition) is 0. The van der Waals surface area contributed by atoms with Crippen LogP contribution in [0.15, 0.2) is 91.0 Å². The minimum Gasteiger partial charge on any atom is -0.363 e. The number of allylic oxidation sites excluding steroid dienone is 1. The summed E-state index contributed by atoms with van der Waals surface area (Å²) in [7, 11) is 0. The second kappa shape index (κ2) is 10.5. The second-order valence-electron chi connectivity index (χ2n) is 8.43. The summed E-state index contributed by atoms with van der Waals surface area (Å²) in [4.78, 5) is 17.0. The average molecular weight is 440 g/mol. The number of thiocarbonyl (C=S) groups is 1. The van der Waals surface area contributed by atoms with E-state index in [1.165, 1.54) is 19.3 Å². The van der Waals surface area contributed by atoms with Gasteiger partial charge in [-0.1, -0.05) is 103 Å². The number of likely N-dealkylation sites (tertiary alicyclic amines) is 1. The van der Waals surface area contributed by atoms with E-state index in [1.54, 1.807) is 0 Å². The predicted octanol–water partition coefficient (Wildman–Crippen LogP) is 6.86. The number of benzene rings is 3. The molecule has 0 N–H and O–H groups in total. The van der Waals surface area contributed by atoms with Crippen LogP contribution in [0.25, 0.3) is 5.57 Å². The lowest BCUT2D eigenvalue weighted by Crippen LogP contribution is -2.33. The van der Waals surface area contributed by atoms with Crippen molar-refractivity contribution >= 4 is 28.6 Å². The summed E-state index contributed by atoms with van der Waals surface area (Å²) in [5.74, 6) is -0.336. The first-order chi connectivity index (χ1) is 15.6. The Labute approximate surface area is 196 Å². The summed E-state index contributed by atoms with van der Waals surface area (Å²) < 4.78 is 0. The van der Waals surface area contributed by atoms with Crippen molar-refractivity contribution < 1.29 is 4.79 Å². The highest BCUT2D eigenvalue weighted by molar-refractivity contribution is 7.80. The van der Waals surface area contributed by atoms with Gasteiger partial charge in [0.25, 0.3) is 0 Å². The van der Waals surface area contributed by atoms with E-state index in [1.807, 2.05) is 79.7 Å². The fourth-order valence-electron chi connectivity index (χ4n) is 4.30. The van der Waals surface area contributed by atoms with Crippen molar-refractivity contribution in [2.45, 2.75) is 32.1 Å². The van der Waals surface area contributed by atoms with Gasteiger partial charge in [-0.25, -0.2) is 0 Å². The molecular weight excluding hydrogens is 410 g/mol. The monoisotopic (exact) mass is 439 g/mol. The molecule has 2 nitrogen and oxygen atoms in total. The molecule has 0 aliphatic carbocycles. The Balaban J connectivity index is 1.82. The number of piperidine rings is 1. The second-order valence-corrected chi connectivity index (χ2v) is 8.84. The summed E-state index contributed by atoms with van der Waals surface area (Å²) in [6, 6.07) is 28.1. The maximum atomic E-state index is 13.9. The highest BCUT2D eigenvalue weighted by Crippen LogP contribution is 2.35. The SMILES string of the molecule is Cc1ccc(C(=O)C(/C(=C\C(=S)N2CCCCC2)c2ccccc2)c2ccccc2)cc1. The number of nitrogens with zero attached hydrogens (tertiary/aromatic N) is 1. The minimum absolute atomic E-state index is 0.0905. The quantitative estimate of drug-likeness (QED) is 0.238. The smallest absolute Gasteiger partial charge is 0.174 e. The van der Waals surface area contributed by atoms with Crippen molar-refractivity contribution in [2.75, 3.05) is 13.1 Å². The molecule has 3 aromatic carbocycles. The average Bonchev–Trinajstić information content (AvgIpc) is 2.85. The molecule has 0 bridgehead atoms. The Morgan fingerprint density at radius 3 is 2.03 bits per heavy atom. The summed E-state index contributed by atoms with van der Waals surface area (Å²) in [6.07, 6.45) is 5.66. The van der Waals surface area contributed by atoms with Gasteiger partial charge in [-0.2, -0.15) is 0 Å². The minimum atomic E-state index is -0.427.